The van der Waals surface area contributed by atoms with E-state index in [4.69, 9.17) is 5.73 Å². The number of hydrogen-bond donors (Lipinski definition) is 1. The van der Waals surface area contributed by atoms with E-state index in [0.717, 1.165) is 6.54 Å². The number of alkyl halides is 1. The van der Waals surface area contributed by atoms with Crippen molar-refractivity contribution in [2.45, 2.75) is 29.4 Å². The van der Waals surface area contributed by atoms with Crippen molar-refractivity contribution < 1.29 is 0 Å². The average molecular weight is 330 g/mol. The van der Waals surface area contributed by atoms with Gasteiger partial charge in [-0.3, -0.25) is 4.90 Å². The predicted molar refractivity (Wildman–Crippen MR) is 76.6 cm³/mol. The van der Waals surface area contributed by atoms with E-state index in [0.29, 0.717) is 10.1 Å². The van der Waals surface area contributed by atoms with Gasteiger partial charge in [0, 0.05) is 12.6 Å². The van der Waals surface area contributed by atoms with Gasteiger partial charge in [0.2, 0.25) is 0 Å². The first kappa shape index (κ1) is 12.3. The van der Waals surface area contributed by atoms with Crippen LogP contribution in [-0.4, -0.2) is 24.0 Å². The molecular weight excluding hydrogens is 311 g/mol. The molecule has 1 heterocycles. The molecule has 0 saturated carbocycles. The van der Waals surface area contributed by atoms with Crippen LogP contribution in [0.2, 0.25) is 0 Å². The summed E-state index contributed by atoms with van der Waals surface area (Å²) in [5, 5.41) is 0. The van der Waals surface area contributed by atoms with Gasteiger partial charge < -0.3 is 5.73 Å². The Morgan fingerprint density at radius 1 is 1.25 bits per heavy atom. The second-order valence-corrected chi connectivity index (χ2v) is 5.68. The zero-order valence-electron chi connectivity index (χ0n) is 9.48. The number of likely N-dealkylation sites (tertiary alicyclic amines) is 1. The predicted octanol–water partition coefficient (Wildman–Crippen LogP) is 2.93. The van der Waals surface area contributed by atoms with Gasteiger partial charge in [0.05, 0.1) is 4.05 Å². The third-order valence-corrected chi connectivity index (χ3v) is 4.64. The highest BCUT2D eigenvalue weighted by Crippen LogP contribution is 2.29. The molecule has 1 aromatic rings. The maximum absolute atomic E-state index is 6.10. The maximum atomic E-state index is 6.10. The highest BCUT2D eigenvalue weighted by atomic mass is 127. The Kier molecular flexibility index (Phi) is 4.61. The van der Waals surface area contributed by atoms with Gasteiger partial charge in [-0.15, -0.1) is 0 Å². The summed E-state index contributed by atoms with van der Waals surface area (Å²) in [5.41, 5.74) is 7.48. The molecule has 3 heteroatoms. The van der Waals surface area contributed by atoms with Gasteiger partial charge in [-0.2, -0.15) is 0 Å². The highest BCUT2D eigenvalue weighted by molar-refractivity contribution is 14.1. The van der Waals surface area contributed by atoms with Crippen molar-refractivity contribution in [2.24, 2.45) is 5.73 Å². The van der Waals surface area contributed by atoms with Crippen molar-refractivity contribution in [3.8, 4) is 0 Å². The first-order chi connectivity index (χ1) is 7.77. The van der Waals surface area contributed by atoms with E-state index >= 15 is 0 Å². The molecule has 1 fully saturated rings. The number of nitrogens with zero attached hydrogens (tertiary/aromatic N) is 1. The summed E-state index contributed by atoms with van der Waals surface area (Å²) in [6.07, 6.45) is 3.73. The number of halogens is 1. The Balaban J connectivity index is 2.05. The summed E-state index contributed by atoms with van der Waals surface area (Å²) in [4.78, 5) is 2.51. The number of nitrogens with two attached hydrogens (primary N) is 1. The molecule has 2 nitrogen and oxygen atoms in total. The molecule has 1 aliphatic rings. The van der Waals surface area contributed by atoms with Gasteiger partial charge in [-0.25, -0.2) is 0 Å². The van der Waals surface area contributed by atoms with Crippen LogP contribution < -0.4 is 5.73 Å². The van der Waals surface area contributed by atoms with Crippen LogP contribution in [0.5, 0.6) is 0 Å². The Bertz CT molecular complexity index is 315. The fraction of sp³-hybridized carbons (Fsp3) is 0.538. The van der Waals surface area contributed by atoms with Gasteiger partial charge >= 0.3 is 0 Å². The Morgan fingerprint density at radius 2 is 2.00 bits per heavy atom. The zero-order chi connectivity index (χ0) is 11.4. The summed E-state index contributed by atoms with van der Waals surface area (Å²) in [6.45, 7) is 2.21. The van der Waals surface area contributed by atoms with E-state index in [1.54, 1.807) is 0 Å². The van der Waals surface area contributed by atoms with Crippen LogP contribution in [-0.2, 0) is 0 Å². The summed E-state index contributed by atoms with van der Waals surface area (Å²) in [6, 6.07) is 11.0. The van der Waals surface area contributed by atoms with Crippen LogP contribution >= 0.6 is 22.6 Å². The van der Waals surface area contributed by atoms with Crippen LogP contribution in [0, 0.1) is 0 Å². The number of hydrogen-bond acceptors (Lipinski definition) is 2. The molecule has 1 saturated heterocycles. The fourth-order valence-electron chi connectivity index (χ4n) is 2.23. The highest BCUT2D eigenvalue weighted by Gasteiger charge is 2.21. The number of rotatable bonds is 2. The van der Waals surface area contributed by atoms with E-state index in [2.05, 4.69) is 57.8 Å². The third-order valence-electron chi connectivity index (χ3n) is 3.13. The van der Waals surface area contributed by atoms with E-state index in [1.165, 1.54) is 31.4 Å². The van der Waals surface area contributed by atoms with E-state index in [1.807, 2.05) is 0 Å². The second-order valence-electron chi connectivity index (χ2n) is 4.50. The lowest BCUT2D eigenvalue weighted by Gasteiger charge is -2.28. The molecule has 1 unspecified atom stereocenters. The van der Waals surface area contributed by atoms with Crippen molar-refractivity contribution in [1.82, 2.24) is 4.90 Å². The van der Waals surface area contributed by atoms with E-state index in [9.17, 15) is 0 Å². The first-order valence-corrected chi connectivity index (χ1v) is 7.20. The molecule has 2 rings (SSSR count). The SMILES string of the molecule is N[C@H]1CCCCN(C(I)c2ccccc2)C1. The molecule has 1 aliphatic heterocycles. The van der Waals surface area contributed by atoms with Crippen molar-refractivity contribution in [2.75, 3.05) is 13.1 Å². The van der Waals surface area contributed by atoms with Crippen LogP contribution in [0.1, 0.15) is 28.9 Å². The lowest BCUT2D eigenvalue weighted by Crippen LogP contribution is -2.36. The fourth-order valence-corrected chi connectivity index (χ4v) is 3.15. The molecule has 2 N–H and O–H groups in total. The zero-order valence-corrected chi connectivity index (χ0v) is 11.6. The van der Waals surface area contributed by atoms with Gasteiger partial charge in [0.25, 0.3) is 0 Å². The maximum Gasteiger partial charge on any atom is 0.0874 e. The molecule has 0 aromatic heterocycles. The molecule has 16 heavy (non-hydrogen) atoms. The molecular formula is C13H19IN2. The Labute approximate surface area is 111 Å². The van der Waals surface area contributed by atoms with Gasteiger partial charge in [-0.1, -0.05) is 59.3 Å². The van der Waals surface area contributed by atoms with Crippen molar-refractivity contribution in [3.05, 3.63) is 35.9 Å². The third kappa shape index (κ3) is 3.18. The lowest BCUT2D eigenvalue weighted by molar-refractivity contribution is 0.268. The minimum atomic E-state index is 0.350. The Hall–Kier alpha value is -0.130. The van der Waals surface area contributed by atoms with Crippen molar-refractivity contribution in [3.63, 3.8) is 0 Å². The van der Waals surface area contributed by atoms with Gasteiger partial charge in [0.15, 0.2) is 0 Å². The summed E-state index contributed by atoms with van der Waals surface area (Å²) in [5.74, 6) is 0. The average Bonchev–Trinajstić information content (AvgIpc) is 2.54. The monoisotopic (exact) mass is 330 g/mol. The Morgan fingerprint density at radius 3 is 2.75 bits per heavy atom. The van der Waals surface area contributed by atoms with Crippen LogP contribution in [0.25, 0.3) is 0 Å². The minimum absolute atomic E-state index is 0.350. The van der Waals surface area contributed by atoms with E-state index < -0.39 is 0 Å². The van der Waals surface area contributed by atoms with Crippen LogP contribution in [0.4, 0.5) is 0 Å². The molecule has 88 valence electrons. The molecule has 2 atom stereocenters. The van der Waals surface area contributed by atoms with Gasteiger partial charge in [0.1, 0.15) is 0 Å². The lowest BCUT2D eigenvalue weighted by atomic mass is 10.1. The minimum Gasteiger partial charge on any atom is -0.327 e. The molecule has 0 amide bonds. The second kappa shape index (κ2) is 5.98. The largest absolute Gasteiger partial charge is 0.327 e. The molecule has 0 bridgehead atoms. The van der Waals surface area contributed by atoms with Crippen molar-refractivity contribution in [1.29, 1.82) is 0 Å². The molecule has 1 aromatic carbocycles. The number of benzene rings is 1. The molecule has 0 aliphatic carbocycles. The standard InChI is InChI=1S/C13H19IN2/c14-13(11-6-2-1-3-7-11)16-9-5-4-8-12(15)10-16/h1-3,6-7,12-13H,4-5,8-10,15H2/t12-,13?/m0/s1. The summed E-state index contributed by atoms with van der Waals surface area (Å²) in [7, 11) is 0. The molecule has 0 spiro atoms. The van der Waals surface area contributed by atoms with Crippen LogP contribution in [0.15, 0.2) is 30.3 Å². The summed E-state index contributed by atoms with van der Waals surface area (Å²) < 4.78 is 0.461. The van der Waals surface area contributed by atoms with Gasteiger partial charge in [-0.05, 0) is 24.9 Å². The normalized spacial score (nSPS) is 25.0. The van der Waals surface area contributed by atoms with Crippen LogP contribution in [0.3, 0.4) is 0 Å². The first-order valence-electron chi connectivity index (χ1n) is 5.96. The smallest absolute Gasteiger partial charge is 0.0874 e. The quantitative estimate of drug-likeness (QED) is 0.513. The molecule has 0 radical (unpaired) electrons. The van der Waals surface area contributed by atoms with E-state index in [-0.39, 0.29) is 0 Å². The summed E-state index contributed by atoms with van der Waals surface area (Å²) >= 11 is 2.52. The van der Waals surface area contributed by atoms with Crippen molar-refractivity contribution >= 4 is 22.6 Å². The topological polar surface area (TPSA) is 29.3 Å².